The molecule has 0 radical (unpaired) electrons. The molecule has 2 aromatic carbocycles. The number of rotatable bonds is 1. The Hall–Kier alpha value is -1.33. The first-order valence-corrected chi connectivity index (χ1v) is 11.4. The summed E-state index contributed by atoms with van der Waals surface area (Å²) in [6.07, 6.45) is 17.1. The van der Waals surface area contributed by atoms with Crippen LogP contribution in [0.1, 0.15) is 65.8 Å². The summed E-state index contributed by atoms with van der Waals surface area (Å²) in [6, 6.07) is 12.5. The number of benzene rings is 2. The number of hydrogen-bond acceptors (Lipinski definition) is 0. The second-order valence-corrected chi connectivity index (χ2v) is 9.67. The molecule has 0 atom stereocenters. The Morgan fingerprint density at radius 1 is 0.926 bits per heavy atom. The van der Waals surface area contributed by atoms with Crippen molar-refractivity contribution in [1.29, 1.82) is 0 Å². The van der Waals surface area contributed by atoms with Gasteiger partial charge in [-0.2, -0.15) is 11.6 Å². The Labute approximate surface area is 178 Å². The van der Waals surface area contributed by atoms with Crippen molar-refractivity contribution in [3.05, 3.63) is 82.5 Å². The maximum atomic E-state index is 3.72. The average molecular weight is 431 g/mol. The molecule has 3 aliphatic carbocycles. The third-order valence-electron chi connectivity index (χ3n) is 6.12. The molecule has 0 spiro atoms. The quantitative estimate of drug-likeness (QED) is 0.384. The van der Waals surface area contributed by atoms with Crippen LogP contribution < -0.4 is 0 Å². The molecule has 2 aromatic rings. The van der Waals surface area contributed by atoms with Crippen LogP contribution in [0.25, 0.3) is 11.1 Å². The monoisotopic (exact) mass is 429 g/mol. The molecule has 1 fully saturated rings. The molecule has 0 bridgehead atoms. The summed E-state index contributed by atoms with van der Waals surface area (Å²) in [7, 11) is 0. The second kappa shape index (κ2) is 8.36. The fourth-order valence-corrected chi connectivity index (χ4v) is 5.35. The van der Waals surface area contributed by atoms with Crippen LogP contribution in [0, 0.1) is 19.9 Å². The van der Waals surface area contributed by atoms with Gasteiger partial charge >= 0.3 is 59.5 Å². The van der Waals surface area contributed by atoms with E-state index in [0.717, 1.165) is 6.42 Å². The van der Waals surface area contributed by atoms with Gasteiger partial charge in [-0.1, -0.05) is 73.5 Å². The summed E-state index contributed by atoms with van der Waals surface area (Å²) in [5.74, 6) is 0.405. The standard InChI is InChI=1S/C20H17.C6H10.Zr/c1-13-14(2)20-17(11-16-9-5-6-10-18(16)20)12-19(13)15-7-3-4-8-15;1-2-4-6-5-3-1;/h3-10,15H,11H2,1-2H3;1-5H2;/q-1;;. The molecule has 0 aromatic heterocycles. The zero-order valence-electron chi connectivity index (χ0n) is 16.4. The topological polar surface area (TPSA) is 0 Å². The van der Waals surface area contributed by atoms with Crippen LogP contribution in [-0.4, -0.2) is 3.21 Å². The van der Waals surface area contributed by atoms with Gasteiger partial charge in [-0.05, 0) is 12.3 Å². The third-order valence-corrected chi connectivity index (χ3v) is 7.35. The van der Waals surface area contributed by atoms with Gasteiger partial charge in [-0.25, -0.2) is 0 Å². The molecule has 3 aliphatic rings. The van der Waals surface area contributed by atoms with E-state index in [1.807, 2.05) is 0 Å². The number of allylic oxidation sites excluding steroid dienone is 4. The van der Waals surface area contributed by atoms with Gasteiger partial charge in [-0.3, -0.25) is 0 Å². The maximum absolute atomic E-state index is 3.72. The normalized spacial score (nSPS) is 17.4. The molecule has 0 saturated heterocycles. The van der Waals surface area contributed by atoms with Crippen molar-refractivity contribution in [2.24, 2.45) is 0 Å². The Morgan fingerprint density at radius 2 is 1.63 bits per heavy atom. The molecule has 0 nitrogen and oxygen atoms in total. The van der Waals surface area contributed by atoms with Gasteiger partial charge in [0.05, 0.1) is 0 Å². The van der Waals surface area contributed by atoms with E-state index in [1.54, 1.807) is 27.4 Å². The van der Waals surface area contributed by atoms with Gasteiger partial charge < -0.3 is 0 Å². The summed E-state index contributed by atoms with van der Waals surface area (Å²) >= 11 is 1.69. The molecule has 0 N–H and O–H groups in total. The fourth-order valence-electron chi connectivity index (χ4n) is 4.48. The molecule has 27 heavy (non-hydrogen) atoms. The number of hydrogen-bond donors (Lipinski definition) is 0. The third kappa shape index (κ3) is 3.95. The van der Waals surface area contributed by atoms with E-state index < -0.39 is 0 Å². The van der Waals surface area contributed by atoms with Gasteiger partial charge in [0, 0.05) is 0 Å². The SMILES string of the molecule is Cc1c(C2C=CC=C2)[c-]c2c(c1C)-c1ccccc1C2.[Zr]=[C]1CCCCC1. The van der Waals surface area contributed by atoms with Crippen molar-refractivity contribution in [2.45, 2.75) is 58.3 Å². The van der Waals surface area contributed by atoms with Gasteiger partial charge in [0.15, 0.2) is 0 Å². The second-order valence-electron chi connectivity index (χ2n) is 7.94. The first-order chi connectivity index (χ1) is 13.1. The van der Waals surface area contributed by atoms with E-state index in [9.17, 15) is 0 Å². The van der Waals surface area contributed by atoms with Crippen molar-refractivity contribution >= 4 is 3.21 Å². The van der Waals surface area contributed by atoms with Crippen molar-refractivity contribution in [2.75, 3.05) is 0 Å². The molecule has 0 amide bonds. The van der Waals surface area contributed by atoms with Crippen LogP contribution in [0.2, 0.25) is 0 Å². The zero-order valence-corrected chi connectivity index (χ0v) is 18.9. The van der Waals surface area contributed by atoms with Gasteiger partial charge in [0.2, 0.25) is 0 Å². The molecule has 0 heterocycles. The predicted octanol–water partition coefficient (Wildman–Crippen LogP) is 6.55. The molecular formula is C26H27Zr-. The van der Waals surface area contributed by atoms with Crippen LogP contribution in [0.5, 0.6) is 0 Å². The van der Waals surface area contributed by atoms with E-state index in [2.05, 4.69) is 68.5 Å². The van der Waals surface area contributed by atoms with Crippen LogP contribution in [0.4, 0.5) is 0 Å². The van der Waals surface area contributed by atoms with Crippen LogP contribution in [0.3, 0.4) is 0 Å². The zero-order chi connectivity index (χ0) is 18.8. The Morgan fingerprint density at radius 3 is 2.30 bits per heavy atom. The van der Waals surface area contributed by atoms with E-state index in [1.165, 1.54) is 71.0 Å². The molecule has 0 unspecified atom stereocenters. The first kappa shape index (κ1) is 19.0. The Balaban J connectivity index is 0.000000218. The molecule has 0 aliphatic heterocycles. The average Bonchev–Trinajstić information content (AvgIpc) is 3.33. The van der Waals surface area contributed by atoms with E-state index in [0.29, 0.717) is 5.92 Å². The molecular weight excluding hydrogens is 404 g/mol. The van der Waals surface area contributed by atoms with Crippen molar-refractivity contribution in [1.82, 2.24) is 0 Å². The first-order valence-electron chi connectivity index (χ1n) is 10.2. The van der Waals surface area contributed by atoms with E-state index >= 15 is 0 Å². The Bertz CT molecular complexity index is 909. The summed E-state index contributed by atoms with van der Waals surface area (Å²) in [5.41, 5.74) is 9.80. The molecule has 1 heteroatoms. The van der Waals surface area contributed by atoms with Crippen LogP contribution in [0.15, 0.2) is 48.6 Å². The van der Waals surface area contributed by atoms with Crippen molar-refractivity contribution in [3.8, 4) is 11.1 Å². The summed E-state index contributed by atoms with van der Waals surface area (Å²) in [4.78, 5) is 0. The minimum absolute atomic E-state index is 0.405. The van der Waals surface area contributed by atoms with Gasteiger partial charge in [0.25, 0.3) is 0 Å². The molecule has 1 saturated carbocycles. The fraction of sp³-hybridized carbons (Fsp3) is 0.346. The minimum atomic E-state index is 0.405. The van der Waals surface area contributed by atoms with Crippen molar-refractivity contribution in [3.63, 3.8) is 0 Å². The van der Waals surface area contributed by atoms with Crippen LogP contribution >= 0.6 is 0 Å². The summed E-state index contributed by atoms with van der Waals surface area (Å²) in [6.45, 7) is 4.50. The summed E-state index contributed by atoms with van der Waals surface area (Å²) in [5, 5.41) is 0. The van der Waals surface area contributed by atoms with Crippen molar-refractivity contribution < 1.29 is 24.2 Å². The molecule has 5 rings (SSSR count). The number of fused-ring (bicyclic) bond motifs is 3. The van der Waals surface area contributed by atoms with E-state index in [4.69, 9.17) is 0 Å². The Kier molecular flexibility index (Phi) is 5.88. The molecule has 136 valence electrons. The van der Waals surface area contributed by atoms with Gasteiger partial charge in [-0.15, -0.1) is 22.3 Å². The van der Waals surface area contributed by atoms with E-state index in [-0.39, 0.29) is 0 Å². The summed E-state index contributed by atoms with van der Waals surface area (Å²) < 4.78 is 1.80. The van der Waals surface area contributed by atoms with Crippen LogP contribution in [-0.2, 0) is 30.7 Å². The predicted molar refractivity (Wildman–Crippen MR) is 112 cm³/mol. The van der Waals surface area contributed by atoms with Gasteiger partial charge in [0.1, 0.15) is 0 Å².